The van der Waals surface area contributed by atoms with Gasteiger partial charge in [0.05, 0.1) is 11.5 Å². The van der Waals surface area contributed by atoms with Crippen molar-refractivity contribution in [1.29, 1.82) is 0 Å². The van der Waals surface area contributed by atoms with Crippen LogP contribution in [0.1, 0.15) is 25.0 Å². The van der Waals surface area contributed by atoms with Crippen LogP contribution in [0.3, 0.4) is 0 Å². The van der Waals surface area contributed by atoms with Crippen molar-refractivity contribution in [2.45, 2.75) is 37.8 Å². The summed E-state index contributed by atoms with van der Waals surface area (Å²) in [5.74, 6) is 0. The van der Waals surface area contributed by atoms with Gasteiger partial charge in [0.15, 0.2) is 0 Å². The fraction of sp³-hybridized carbons (Fsp3) is 0.600. The van der Waals surface area contributed by atoms with E-state index in [4.69, 9.17) is 0 Å². The number of nitrogens with zero attached hydrogens (tertiary/aromatic N) is 2. The van der Waals surface area contributed by atoms with Crippen molar-refractivity contribution in [2.24, 2.45) is 0 Å². The van der Waals surface area contributed by atoms with Gasteiger partial charge in [-0.3, -0.25) is 0 Å². The van der Waals surface area contributed by atoms with E-state index >= 15 is 0 Å². The number of likely N-dealkylation sites (N-methyl/N-ethyl adjacent to an activating group) is 1. The predicted octanol–water partition coefficient (Wildman–Crippen LogP) is 1.07. The van der Waals surface area contributed by atoms with Gasteiger partial charge in [0.1, 0.15) is 0 Å². The van der Waals surface area contributed by atoms with Crippen LogP contribution in [0.15, 0.2) is 23.1 Å². The molecule has 0 aliphatic carbocycles. The fourth-order valence-corrected chi connectivity index (χ4v) is 4.20. The molecule has 0 radical (unpaired) electrons. The number of hydrogen-bond acceptors (Lipinski definition) is 4. The van der Waals surface area contributed by atoms with Gasteiger partial charge in [0.25, 0.3) is 0 Å². The van der Waals surface area contributed by atoms with E-state index in [9.17, 15) is 13.5 Å². The zero-order valence-electron chi connectivity index (χ0n) is 12.9. The number of aliphatic hydroxyl groups excluding tert-OH is 1. The van der Waals surface area contributed by atoms with Gasteiger partial charge in [0.2, 0.25) is 10.0 Å². The van der Waals surface area contributed by atoms with Crippen LogP contribution in [0.25, 0.3) is 0 Å². The molecule has 0 spiro atoms. The Hall–Kier alpha value is -0.950. The minimum atomic E-state index is -3.48. The third kappa shape index (κ3) is 3.29. The Morgan fingerprint density at radius 3 is 2.57 bits per heavy atom. The normalized spacial score (nSPS) is 21.6. The molecule has 5 nitrogen and oxygen atoms in total. The van der Waals surface area contributed by atoms with Crippen molar-refractivity contribution >= 4 is 10.0 Å². The second kappa shape index (κ2) is 6.44. The summed E-state index contributed by atoms with van der Waals surface area (Å²) in [4.78, 5) is 2.44. The Kier molecular flexibility index (Phi) is 5.03. The molecule has 118 valence electrons. The van der Waals surface area contributed by atoms with Crippen molar-refractivity contribution in [3.8, 4) is 0 Å². The lowest BCUT2D eigenvalue weighted by Crippen LogP contribution is -2.51. The standard InChI is InChI=1S/C15H24N2O3S/c1-4-13-5-6-15(9-14(13)11-18)21(19,20)17-8-7-16(3)12(2)10-17/h5-6,9,12,18H,4,7-8,10-11H2,1-3H3. The molecule has 1 aliphatic rings. The first-order valence-corrected chi connectivity index (χ1v) is 8.77. The number of rotatable bonds is 4. The first-order valence-electron chi connectivity index (χ1n) is 7.33. The highest BCUT2D eigenvalue weighted by molar-refractivity contribution is 7.89. The minimum Gasteiger partial charge on any atom is -0.392 e. The highest BCUT2D eigenvalue weighted by atomic mass is 32.2. The molecular formula is C15H24N2O3S. The van der Waals surface area contributed by atoms with Crippen molar-refractivity contribution in [1.82, 2.24) is 9.21 Å². The van der Waals surface area contributed by atoms with E-state index in [1.54, 1.807) is 22.5 Å². The molecule has 1 N–H and O–H groups in total. The quantitative estimate of drug-likeness (QED) is 0.903. The van der Waals surface area contributed by atoms with Gasteiger partial charge in [-0.05, 0) is 43.7 Å². The number of hydrogen-bond donors (Lipinski definition) is 1. The first kappa shape index (κ1) is 16.4. The molecule has 21 heavy (non-hydrogen) atoms. The van der Waals surface area contributed by atoms with Crippen LogP contribution < -0.4 is 0 Å². The molecule has 2 rings (SSSR count). The van der Waals surface area contributed by atoms with Crippen LogP contribution in [-0.4, -0.2) is 55.5 Å². The topological polar surface area (TPSA) is 60.9 Å². The molecule has 1 atom stereocenters. The molecule has 1 unspecified atom stereocenters. The average molecular weight is 312 g/mol. The maximum Gasteiger partial charge on any atom is 0.243 e. The summed E-state index contributed by atoms with van der Waals surface area (Å²) in [5.41, 5.74) is 1.68. The Morgan fingerprint density at radius 1 is 1.29 bits per heavy atom. The number of sulfonamides is 1. The molecule has 0 aromatic heterocycles. The molecule has 1 aromatic rings. The Morgan fingerprint density at radius 2 is 2.00 bits per heavy atom. The summed E-state index contributed by atoms with van der Waals surface area (Å²) in [6, 6.07) is 5.27. The molecular weight excluding hydrogens is 288 g/mol. The number of benzene rings is 1. The Labute approximate surface area is 127 Å². The van der Waals surface area contributed by atoms with Gasteiger partial charge in [-0.1, -0.05) is 13.0 Å². The van der Waals surface area contributed by atoms with E-state index in [2.05, 4.69) is 4.90 Å². The molecule has 0 bridgehead atoms. The Balaban J connectivity index is 2.31. The van der Waals surface area contributed by atoms with E-state index in [0.29, 0.717) is 18.7 Å². The van der Waals surface area contributed by atoms with Gasteiger partial charge in [0, 0.05) is 25.7 Å². The zero-order valence-corrected chi connectivity index (χ0v) is 13.7. The van der Waals surface area contributed by atoms with Gasteiger partial charge in [-0.2, -0.15) is 4.31 Å². The summed E-state index contributed by atoms with van der Waals surface area (Å²) in [6.45, 7) is 5.63. The lowest BCUT2D eigenvalue weighted by atomic mass is 10.1. The van der Waals surface area contributed by atoms with Crippen LogP contribution in [-0.2, 0) is 23.1 Å². The van der Waals surface area contributed by atoms with Crippen LogP contribution in [0.2, 0.25) is 0 Å². The highest BCUT2D eigenvalue weighted by Gasteiger charge is 2.31. The van der Waals surface area contributed by atoms with E-state index in [-0.39, 0.29) is 17.5 Å². The maximum absolute atomic E-state index is 12.7. The van der Waals surface area contributed by atoms with Crippen molar-refractivity contribution in [3.05, 3.63) is 29.3 Å². The number of aryl methyl sites for hydroxylation is 1. The number of piperazine rings is 1. The monoisotopic (exact) mass is 312 g/mol. The SMILES string of the molecule is CCc1ccc(S(=O)(=O)N2CCN(C)C(C)C2)cc1CO. The zero-order chi connectivity index (χ0) is 15.6. The van der Waals surface area contributed by atoms with Gasteiger partial charge >= 0.3 is 0 Å². The van der Waals surface area contributed by atoms with Gasteiger partial charge in [-0.25, -0.2) is 8.42 Å². The largest absolute Gasteiger partial charge is 0.392 e. The Bertz CT molecular complexity index is 601. The van der Waals surface area contributed by atoms with Crippen molar-refractivity contribution in [3.63, 3.8) is 0 Å². The molecule has 1 aromatic carbocycles. The second-order valence-corrected chi connectivity index (χ2v) is 7.57. The van der Waals surface area contributed by atoms with Crippen molar-refractivity contribution < 1.29 is 13.5 Å². The number of aliphatic hydroxyl groups is 1. The van der Waals surface area contributed by atoms with E-state index in [1.165, 1.54) is 0 Å². The molecule has 0 amide bonds. The van der Waals surface area contributed by atoms with Crippen LogP contribution in [0.4, 0.5) is 0 Å². The van der Waals surface area contributed by atoms with Crippen LogP contribution in [0, 0.1) is 0 Å². The van der Waals surface area contributed by atoms with E-state index < -0.39 is 10.0 Å². The molecule has 1 heterocycles. The molecule has 1 fully saturated rings. The smallest absolute Gasteiger partial charge is 0.243 e. The summed E-state index contributed by atoms with van der Waals surface area (Å²) < 4.78 is 27.0. The van der Waals surface area contributed by atoms with Gasteiger partial charge < -0.3 is 10.0 Å². The van der Waals surface area contributed by atoms with E-state index in [1.807, 2.05) is 20.9 Å². The lowest BCUT2D eigenvalue weighted by Gasteiger charge is -2.36. The van der Waals surface area contributed by atoms with Crippen LogP contribution in [0.5, 0.6) is 0 Å². The average Bonchev–Trinajstić information content (AvgIpc) is 2.49. The predicted molar refractivity (Wildman–Crippen MR) is 82.6 cm³/mol. The van der Waals surface area contributed by atoms with E-state index in [0.717, 1.165) is 18.5 Å². The molecule has 0 saturated carbocycles. The maximum atomic E-state index is 12.7. The molecule has 1 aliphatic heterocycles. The third-order valence-electron chi connectivity index (χ3n) is 4.29. The summed E-state index contributed by atoms with van der Waals surface area (Å²) in [5, 5.41) is 9.41. The third-order valence-corrected chi connectivity index (χ3v) is 6.15. The summed E-state index contributed by atoms with van der Waals surface area (Å²) >= 11 is 0. The summed E-state index contributed by atoms with van der Waals surface area (Å²) in [6.07, 6.45) is 0.780. The fourth-order valence-electron chi connectivity index (χ4n) is 2.64. The highest BCUT2D eigenvalue weighted by Crippen LogP contribution is 2.22. The molecule has 6 heteroatoms. The molecule has 1 saturated heterocycles. The first-order chi connectivity index (χ1) is 9.90. The lowest BCUT2D eigenvalue weighted by molar-refractivity contribution is 0.159. The summed E-state index contributed by atoms with van der Waals surface area (Å²) in [7, 11) is -1.47. The van der Waals surface area contributed by atoms with Crippen molar-refractivity contribution in [2.75, 3.05) is 26.7 Å². The second-order valence-electron chi connectivity index (χ2n) is 5.63. The van der Waals surface area contributed by atoms with Gasteiger partial charge in [-0.15, -0.1) is 0 Å². The van der Waals surface area contributed by atoms with Crippen LogP contribution >= 0.6 is 0 Å². The minimum absolute atomic E-state index is 0.133.